The first-order chi connectivity index (χ1) is 9.02. The molecule has 2 rings (SSSR count). The van der Waals surface area contributed by atoms with Gasteiger partial charge in [0.05, 0.1) is 3.04 Å². The second-order valence-corrected chi connectivity index (χ2v) is 10.8. The molecular weight excluding hydrogens is 371 g/mol. The Labute approximate surface area is 131 Å². The third-order valence-electron chi connectivity index (χ3n) is 3.59. The SMILES string of the molecule is CCC(I)(CC)[Si](OC)(OC)OC.c1cc2cc-2c1. The maximum atomic E-state index is 5.47. The highest BCUT2D eigenvalue weighted by atomic mass is 127. The maximum absolute atomic E-state index is 5.47. The van der Waals surface area contributed by atoms with Gasteiger partial charge < -0.3 is 13.3 Å². The summed E-state index contributed by atoms with van der Waals surface area (Å²) in [7, 11) is 2.51. The lowest BCUT2D eigenvalue weighted by atomic mass is 10.3. The van der Waals surface area contributed by atoms with E-state index in [2.05, 4.69) is 60.7 Å². The summed E-state index contributed by atoms with van der Waals surface area (Å²) in [4.78, 5) is 0. The topological polar surface area (TPSA) is 27.7 Å². The van der Waals surface area contributed by atoms with Crippen LogP contribution in [0.15, 0.2) is 24.3 Å². The van der Waals surface area contributed by atoms with Crippen molar-refractivity contribution in [1.82, 2.24) is 0 Å². The zero-order chi connectivity index (χ0) is 14.5. The fourth-order valence-corrected chi connectivity index (χ4v) is 6.60. The van der Waals surface area contributed by atoms with Gasteiger partial charge in [0.15, 0.2) is 0 Å². The van der Waals surface area contributed by atoms with Crippen molar-refractivity contribution < 1.29 is 13.3 Å². The number of benzene rings is 1. The summed E-state index contributed by atoms with van der Waals surface area (Å²) in [5.41, 5.74) is 2.85. The summed E-state index contributed by atoms with van der Waals surface area (Å²) in [6.45, 7) is 4.27. The minimum Gasteiger partial charge on any atom is -0.376 e. The lowest BCUT2D eigenvalue weighted by molar-refractivity contribution is 0.108. The van der Waals surface area contributed by atoms with Crippen LogP contribution < -0.4 is 0 Å². The van der Waals surface area contributed by atoms with Crippen LogP contribution in [-0.2, 0) is 13.3 Å². The lowest BCUT2D eigenvalue weighted by Crippen LogP contribution is -2.59. The van der Waals surface area contributed by atoms with Gasteiger partial charge in [-0.1, -0.05) is 54.6 Å². The predicted molar refractivity (Wildman–Crippen MR) is 89.6 cm³/mol. The van der Waals surface area contributed by atoms with Crippen LogP contribution in [0, 0.1) is 0 Å². The number of hydrogen-bond acceptors (Lipinski definition) is 3. The molecule has 2 aliphatic carbocycles. The van der Waals surface area contributed by atoms with E-state index in [9.17, 15) is 0 Å². The number of hydrogen-bond donors (Lipinski definition) is 0. The van der Waals surface area contributed by atoms with E-state index in [4.69, 9.17) is 13.3 Å². The second-order valence-electron chi connectivity index (χ2n) is 4.42. The minimum atomic E-state index is -2.48. The Morgan fingerprint density at radius 2 is 1.42 bits per heavy atom. The van der Waals surface area contributed by atoms with E-state index in [0.29, 0.717) is 0 Å². The van der Waals surface area contributed by atoms with E-state index in [1.807, 2.05) is 0 Å². The molecule has 2 aliphatic rings. The van der Waals surface area contributed by atoms with Crippen LogP contribution in [0.2, 0.25) is 0 Å². The van der Waals surface area contributed by atoms with Crippen LogP contribution in [0.1, 0.15) is 26.7 Å². The van der Waals surface area contributed by atoms with E-state index in [1.165, 1.54) is 11.1 Å². The number of fused-ring (bicyclic) bond motifs is 1. The zero-order valence-electron chi connectivity index (χ0n) is 12.3. The Kier molecular flexibility index (Phi) is 6.45. The molecule has 0 N–H and O–H groups in total. The molecule has 0 aromatic carbocycles. The highest BCUT2D eigenvalue weighted by molar-refractivity contribution is 14.1. The van der Waals surface area contributed by atoms with Gasteiger partial charge in [-0.25, -0.2) is 0 Å². The normalized spacial score (nSPS) is 12.7. The quantitative estimate of drug-likeness (QED) is 0.420. The molecule has 0 saturated heterocycles. The zero-order valence-corrected chi connectivity index (χ0v) is 15.5. The fraction of sp³-hybridized carbons (Fsp3) is 0.571. The largest absolute Gasteiger partial charge is 0.516 e. The fourth-order valence-electron chi connectivity index (χ4n) is 2.16. The molecule has 0 unspecified atom stereocenters. The van der Waals surface area contributed by atoms with Crippen LogP contribution >= 0.6 is 22.6 Å². The third-order valence-corrected chi connectivity index (χ3v) is 10.5. The van der Waals surface area contributed by atoms with E-state index in [0.717, 1.165) is 12.8 Å². The Bertz CT molecular complexity index is 378. The molecule has 0 aliphatic heterocycles. The summed E-state index contributed by atoms with van der Waals surface area (Å²) >= 11 is 2.40. The van der Waals surface area contributed by atoms with Crippen molar-refractivity contribution in [2.75, 3.05) is 21.3 Å². The maximum Gasteiger partial charge on any atom is 0.516 e. The standard InChI is InChI=1S/C8H19IO3Si.C6H4/c1-6-8(9,7-2)13(10-3,11-4)12-5;1-2-5-4-6(5)3-1/h6-7H2,1-5H3;1-4H. The van der Waals surface area contributed by atoms with Crippen LogP contribution in [0.25, 0.3) is 11.1 Å². The van der Waals surface area contributed by atoms with Gasteiger partial charge in [0.1, 0.15) is 0 Å². The van der Waals surface area contributed by atoms with Gasteiger partial charge in [0, 0.05) is 21.3 Å². The number of halogens is 1. The molecule has 0 aromatic heterocycles. The van der Waals surface area contributed by atoms with Gasteiger partial charge in [-0.05, 0) is 30.0 Å². The molecule has 0 fully saturated rings. The molecule has 0 saturated carbocycles. The van der Waals surface area contributed by atoms with E-state index >= 15 is 0 Å². The molecule has 0 amide bonds. The Hall–Kier alpha value is 0.0469. The van der Waals surface area contributed by atoms with E-state index in [1.54, 1.807) is 21.3 Å². The first-order valence-corrected chi connectivity index (χ1v) is 9.27. The number of rotatable bonds is 6. The molecule has 5 heteroatoms. The van der Waals surface area contributed by atoms with Crippen LogP contribution in [0.5, 0.6) is 0 Å². The van der Waals surface area contributed by atoms with Crippen molar-refractivity contribution in [3.8, 4) is 11.1 Å². The van der Waals surface area contributed by atoms with E-state index < -0.39 is 8.80 Å². The van der Waals surface area contributed by atoms with Crippen molar-refractivity contribution in [3.63, 3.8) is 0 Å². The number of alkyl halides is 1. The van der Waals surface area contributed by atoms with Crippen molar-refractivity contribution in [2.45, 2.75) is 29.7 Å². The highest BCUT2D eigenvalue weighted by Gasteiger charge is 2.56. The van der Waals surface area contributed by atoms with Gasteiger partial charge in [-0.3, -0.25) is 0 Å². The highest BCUT2D eigenvalue weighted by Crippen LogP contribution is 2.38. The summed E-state index contributed by atoms with van der Waals surface area (Å²) in [5.74, 6) is 0. The molecular formula is C14H23IO3Si. The van der Waals surface area contributed by atoms with Gasteiger partial charge in [-0.2, -0.15) is 0 Å². The summed E-state index contributed by atoms with van der Waals surface area (Å²) in [6.07, 6.45) is 1.98. The van der Waals surface area contributed by atoms with Gasteiger partial charge in [0.25, 0.3) is 0 Å². The van der Waals surface area contributed by atoms with Crippen LogP contribution in [-0.4, -0.2) is 33.2 Å². The van der Waals surface area contributed by atoms with Crippen molar-refractivity contribution in [2.24, 2.45) is 0 Å². The average molecular weight is 394 g/mol. The van der Waals surface area contributed by atoms with Crippen LogP contribution in [0.3, 0.4) is 0 Å². The Balaban J connectivity index is 0.000000241. The summed E-state index contributed by atoms with van der Waals surface area (Å²) in [6, 6.07) is 8.48. The molecule has 0 radical (unpaired) electrons. The summed E-state index contributed by atoms with van der Waals surface area (Å²) in [5, 5.41) is 0. The second kappa shape index (κ2) is 7.17. The molecule has 0 atom stereocenters. The molecule has 19 heavy (non-hydrogen) atoms. The third kappa shape index (κ3) is 3.58. The molecule has 0 heterocycles. The van der Waals surface area contributed by atoms with Gasteiger partial charge in [0.2, 0.25) is 0 Å². The Morgan fingerprint density at radius 1 is 1.00 bits per heavy atom. The first-order valence-electron chi connectivity index (χ1n) is 6.47. The monoisotopic (exact) mass is 394 g/mol. The van der Waals surface area contributed by atoms with Gasteiger partial charge >= 0.3 is 8.80 Å². The van der Waals surface area contributed by atoms with Crippen molar-refractivity contribution in [1.29, 1.82) is 0 Å². The van der Waals surface area contributed by atoms with Crippen molar-refractivity contribution >= 4 is 31.4 Å². The van der Waals surface area contributed by atoms with Crippen LogP contribution in [0.4, 0.5) is 0 Å². The van der Waals surface area contributed by atoms with Crippen molar-refractivity contribution in [3.05, 3.63) is 24.3 Å². The smallest absolute Gasteiger partial charge is 0.376 e. The minimum absolute atomic E-state index is 0.0109. The summed E-state index contributed by atoms with van der Waals surface area (Å²) < 4.78 is 16.4. The molecule has 0 aromatic rings. The lowest BCUT2D eigenvalue weighted by Gasteiger charge is -2.38. The predicted octanol–water partition coefficient (Wildman–Crippen LogP) is 4.06. The molecule has 3 nitrogen and oxygen atoms in total. The average Bonchev–Trinajstić information content (AvgIpc) is 3.07. The Morgan fingerprint density at radius 3 is 1.53 bits per heavy atom. The van der Waals surface area contributed by atoms with Gasteiger partial charge in [-0.15, -0.1) is 0 Å². The first kappa shape index (κ1) is 17.1. The molecule has 0 spiro atoms. The van der Waals surface area contributed by atoms with E-state index in [-0.39, 0.29) is 3.04 Å². The molecule has 0 bridgehead atoms. The molecule has 108 valence electrons.